The number of anilines is 1. The smallest absolute Gasteiger partial charge is 0.344 e. The van der Waals surface area contributed by atoms with Crippen LogP contribution in [0.4, 0.5) is 5.69 Å². The Morgan fingerprint density at radius 2 is 2.09 bits per heavy atom. The lowest BCUT2D eigenvalue weighted by molar-refractivity contribution is -0.122. The Hall–Kier alpha value is -2.63. The highest BCUT2D eigenvalue weighted by atomic mass is 16.5. The molecule has 0 fully saturated rings. The standard InChI is InChI=1S/C17H18N2O4/c1-10-8-13-6-4-5-7-14(13)19(10)15(20)9-22-17(21)16-11(2)18-23-12(16)3/h4-7,10H,8-9H2,1-3H3. The van der Waals surface area contributed by atoms with Crippen molar-refractivity contribution in [3.05, 3.63) is 46.8 Å². The van der Waals surface area contributed by atoms with Gasteiger partial charge in [0.05, 0.1) is 5.69 Å². The van der Waals surface area contributed by atoms with Crippen molar-refractivity contribution < 1.29 is 18.8 Å². The lowest BCUT2D eigenvalue weighted by atomic mass is 10.1. The maximum atomic E-state index is 12.5. The molecule has 2 heterocycles. The van der Waals surface area contributed by atoms with Crippen LogP contribution >= 0.6 is 0 Å². The van der Waals surface area contributed by atoms with Crippen molar-refractivity contribution in [2.75, 3.05) is 11.5 Å². The molecular weight excluding hydrogens is 296 g/mol. The van der Waals surface area contributed by atoms with E-state index in [9.17, 15) is 9.59 Å². The molecule has 1 amide bonds. The molecular formula is C17H18N2O4. The molecule has 0 aliphatic carbocycles. The number of aromatic nitrogens is 1. The molecule has 6 heteroatoms. The Morgan fingerprint density at radius 1 is 1.35 bits per heavy atom. The Kier molecular flexibility index (Phi) is 3.90. The van der Waals surface area contributed by atoms with Crippen LogP contribution in [0.3, 0.4) is 0 Å². The number of para-hydroxylation sites is 1. The number of amides is 1. The van der Waals surface area contributed by atoms with Gasteiger partial charge < -0.3 is 14.2 Å². The second-order valence-electron chi connectivity index (χ2n) is 5.72. The van der Waals surface area contributed by atoms with Crippen LogP contribution in [0, 0.1) is 13.8 Å². The highest BCUT2D eigenvalue weighted by Gasteiger charge is 2.31. The van der Waals surface area contributed by atoms with E-state index in [1.165, 1.54) is 0 Å². The quantitative estimate of drug-likeness (QED) is 0.814. The van der Waals surface area contributed by atoms with Crippen molar-refractivity contribution in [2.24, 2.45) is 0 Å². The molecule has 0 saturated heterocycles. The van der Waals surface area contributed by atoms with Crippen molar-refractivity contribution in [3.8, 4) is 0 Å². The highest BCUT2D eigenvalue weighted by molar-refractivity contribution is 5.99. The Bertz CT molecular complexity index is 746. The largest absolute Gasteiger partial charge is 0.452 e. The number of hydrogen-bond acceptors (Lipinski definition) is 5. The number of fused-ring (bicyclic) bond motifs is 1. The van der Waals surface area contributed by atoms with Crippen molar-refractivity contribution in [3.63, 3.8) is 0 Å². The molecule has 0 N–H and O–H groups in total. The predicted molar refractivity (Wildman–Crippen MR) is 83.4 cm³/mol. The van der Waals surface area contributed by atoms with Crippen molar-refractivity contribution in [1.82, 2.24) is 5.16 Å². The van der Waals surface area contributed by atoms with Crippen LogP contribution < -0.4 is 4.90 Å². The number of hydrogen-bond donors (Lipinski definition) is 0. The minimum absolute atomic E-state index is 0.0534. The SMILES string of the molecule is Cc1noc(C)c1C(=O)OCC(=O)N1c2ccccc2CC1C. The van der Waals surface area contributed by atoms with Crippen molar-refractivity contribution >= 4 is 17.6 Å². The first kappa shape index (κ1) is 15.3. The molecule has 1 aliphatic heterocycles. The summed E-state index contributed by atoms with van der Waals surface area (Å²) in [5.74, 6) is -0.433. The summed E-state index contributed by atoms with van der Waals surface area (Å²) in [6, 6.07) is 7.82. The van der Waals surface area contributed by atoms with Gasteiger partial charge in [0.2, 0.25) is 0 Å². The number of rotatable bonds is 3. The second-order valence-corrected chi connectivity index (χ2v) is 5.72. The summed E-state index contributed by atoms with van der Waals surface area (Å²) >= 11 is 0. The molecule has 0 spiro atoms. The van der Waals surface area contributed by atoms with Crippen LogP contribution in [-0.2, 0) is 16.0 Å². The second kappa shape index (κ2) is 5.87. The monoisotopic (exact) mass is 314 g/mol. The molecule has 0 saturated carbocycles. The van der Waals surface area contributed by atoms with Crippen molar-refractivity contribution in [1.29, 1.82) is 0 Å². The summed E-state index contributed by atoms with van der Waals surface area (Å²) in [6.45, 7) is 4.97. The van der Waals surface area contributed by atoms with Crippen molar-refractivity contribution in [2.45, 2.75) is 33.2 Å². The van der Waals surface area contributed by atoms with E-state index in [0.717, 1.165) is 17.7 Å². The van der Waals surface area contributed by atoms with E-state index in [0.29, 0.717) is 11.5 Å². The van der Waals surface area contributed by atoms with E-state index >= 15 is 0 Å². The van der Waals surface area contributed by atoms with Crippen LogP contribution in [0.1, 0.15) is 34.3 Å². The van der Waals surface area contributed by atoms with Gasteiger partial charge >= 0.3 is 5.97 Å². The molecule has 1 aliphatic rings. The van der Waals surface area contributed by atoms with E-state index in [2.05, 4.69) is 5.16 Å². The minimum atomic E-state index is -0.588. The molecule has 3 rings (SSSR count). The molecule has 6 nitrogen and oxygen atoms in total. The number of nitrogens with zero attached hydrogens (tertiary/aromatic N) is 2. The van der Waals surface area contributed by atoms with Crippen LogP contribution in [0.2, 0.25) is 0 Å². The summed E-state index contributed by atoms with van der Waals surface area (Å²) in [6.07, 6.45) is 0.805. The molecule has 1 aromatic heterocycles. The average Bonchev–Trinajstić information content (AvgIpc) is 3.03. The fourth-order valence-corrected chi connectivity index (χ4v) is 2.99. The van der Waals surface area contributed by atoms with Gasteiger partial charge in [-0.25, -0.2) is 4.79 Å². The molecule has 1 aromatic carbocycles. The molecule has 23 heavy (non-hydrogen) atoms. The topological polar surface area (TPSA) is 72.6 Å². The van der Waals surface area contributed by atoms with E-state index in [-0.39, 0.29) is 24.1 Å². The van der Waals surface area contributed by atoms with Crippen LogP contribution in [0.25, 0.3) is 0 Å². The number of ether oxygens (including phenoxy) is 1. The van der Waals surface area contributed by atoms with Gasteiger partial charge in [0.15, 0.2) is 6.61 Å². The molecule has 1 unspecified atom stereocenters. The van der Waals surface area contributed by atoms with Gasteiger partial charge in [-0.1, -0.05) is 23.4 Å². The average molecular weight is 314 g/mol. The maximum absolute atomic E-state index is 12.5. The Balaban J connectivity index is 1.70. The normalized spacial score (nSPS) is 16.3. The van der Waals surface area contributed by atoms with Crippen LogP contribution in [0.15, 0.2) is 28.8 Å². The van der Waals surface area contributed by atoms with Crippen LogP contribution in [0.5, 0.6) is 0 Å². The molecule has 0 bridgehead atoms. The Labute approximate surface area is 134 Å². The number of aryl methyl sites for hydroxylation is 2. The zero-order valence-corrected chi connectivity index (χ0v) is 13.3. The van der Waals surface area contributed by atoms with Gasteiger partial charge in [-0.05, 0) is 38.8 Å². The van der Waals surface area contributed by atoms with E-state index in [1.807, 2.05) is 31.2 Å². The van der Waals surface area contributed by atoms with E-state index in [4.69, 9.17) is 9.26 Å². The van der Waals surface area contributed by atoms with Gasteiger partial charge in [-0.3, -0.25) is 4.79 Å². The number of carbonyl (C=O) groups is 2. The van der Waals surface area contributed by atoms with Gasteiger partial charge in [0.1, 0.15) is 11.3 Å². The third-order valence-electron chi connectivity index (χ3n) is 4.04. The third-order valence-corrected chi connectivity index (χ3v) is 4.04. The van der Waals surface area contributed by atoms with E-state index in [1.54, 1.807) is 18.7 Å². The first-order valence-corrected chi connectivity index (χ1v) is 7.49. The van der Waals surface area contributed by atoms with Gasteiger partial charge in [-0.15, -0.1) is 0 Å². The summed E-state index contributed by atoms with van der Waals surface area (Å²) in [4.78, 5) is 26.3. The van der Waals surface area contributed by atoms with Gasteiger partial charge in [-0.2, -0.15) is 0 Å². The third kappa shape index (κ3) is 2.72. The van der Waals surface area contributed by atoms with Gasteiger partial charge in [0, 0.05) is 11.7 Å². The maximum Gasteiger partial charge on any atom is 0.344 e. The first-order chi connectivity index (χ1) is 11.0. The zero-order valence-electron chi connectivity index (χ0n) is 13.3. The molecule has 2 aromatic rings. The predicted octanol–water partition coefficient (Wildman–Crippen LogP) is 2.43. The fraction of sp³-hybridized carbons (Fsp3) is 0.353. The summed E-state index contributed by atoms with van der Waals surface area (Å²) in [5, 5.41) is 3.71. The van der Waals surface area contributed by atoms with E-state index < -0.39 is 5.97 Å². The fourth-order valence-electron chi connectivity index (χ4n) is 2.99. The van der Waals surface area contributed by atoms with Crippen LogP contribution in [-0.4, -0.2) is 29.7 Å². The molecule has 1 atom stereocenters. The van der Waals surface area contributed by atoms with Gasteiger partial charge in [0.25, 0.3) is 5.91 Å². The summed E-state index contributed by atoms with van der Waals surface area (Å²) < 4.78 is 10.1. The number of esters is 1. The number of carbonyl (C=O) groups excluding carboxylic acids is 2. The first-order valence-electron chi connectivity index (χ1n) is 7.49. The lowest BCUT2D eigenvalue weighted by Crippen LogP contribution is -2.38. The Morgan fingerprint density at radius 3 is 2.78 bits per heavy atom. The zero-order chi connectivity index (χ0) is 16.6. The molecule has 120 valence electrons. The highest BCUT2D eigenvalue weighted by Crippen LogP contribution is 2.31. The number of benzene rings is 1. The minimum Gasteiger partial charge on any atom is -0.452 e. The summed E-state index contributed by atoms with van der Waals surface area (Å²) in [5.41, 5.74) is 2.76. The summed E-state index contributed by atoms with van der Waals surface area (Å²) in [7, 11) is 0. The molecule has 0 radical (unpaired) electrons. The lowest BCUT2D eigenvalue weighted by Gasteiger charge is -2.22.